The number of nitrogens with zero attached hydrogens (tertiary/aromatic N) is 2. The van der Waals surface area contributed by atoms with Gasteiger partial charge in [0.1, 0.15) is 11.3 Å². The van der Waals surface area contributed by atoms with E-state index in [0.29, 0.717) is 17.5 Å². The summed E-state index contributed by atoms with van der Waals surface area (Å²) in [7, 11) is 0. The van der Waals surface area contributed by atoms with Crippen LogP contribution in [0.25, 0.3) is 10.9 Å². The van der Waals surface area contributed by atoms with Gasteiger partial charge in [0.15, 0.2) is 0 Å². The van der Waals surface area contributed by atoms with Crippen LogP contribution in [0.15, 0.2) is 24.4 Å². The summed E-state index contributed by atoms with van der Waals surface area (Å²) in [5.74, 6) is 0.706. The SMILES string of the molecule is Oc1cccc2cnc(N[C@H]3CC[C@H](O)CC3)nc12. The molecule has 1 aliphatic rings. The minimum atomic E-state index is -0.167. The first-order valence-electron chi connectivity index (χ1n) is 6.62. The van der Waals surface area contributed by atoms with Crippen LogP contribution in [0.2, 0.25) is 0 Å². The number of aliphatic hydroxyl groups excluding tert-OH is 1. The van der Waals surface area contributed by atoms with Crippen molar-refractivity contribution in [3.8, 4) is 5.75 Å². The highest BCUT2D eigenvalue weighted by Crippen LogP contribution is 2.24. The molecular weight excluding hydrogens is 242 g/mol. The van der Waals surface area contributed by atoms with Crippen LogP contribution >= 0.6 is 0 Å². The molecule has 1 aromatic carbocycles. The van der Waals surface area contributed by atoms with Gasteiger partial charge in [-0.25, -0.2) is 9.97 Å². The van der Waals surface area contributed by atoms with Crippen molar-refractivity contribution in [3.05, 3.63) is 24.4 Å². The van der Waals surface area contributed by atoms with Crippen molar-refractivity contribution < 1.29 is 10.2 Å². The topological polar surface area (TPSA) is 78.3 Å². The fourth-order valence-electron chi connectivity index (χ4n) is 2.51. The van der Waals surface area contributed by atoms with Gasteiger partial charge in [0.25, 0.3) is 0 Å². The maximum absolute atomic E-state index is 9.79. The quantitative estimate of drug-likeness (QED) is 0.769. The van der Waals surface area contributed by atoms with Crippen molar-refractivity contribution in [3.63, 3.8) is 0 Å². The molecule has 5 nitrogen and oxygen atoms in total. The Morgan fingerprint density at radius 2 is 1.95 bits per heavy atom. The number of hydrogen-bond acceptors (Lipinski definition) is 5. The van der Waals surface area contributed by atoms with Crippen molar-refractivity contribution in [2.75, 3.05) is 5.32 Å². The summed E-state index contributed by atoms with van der Waals surface area (Å²) in [6.45, 7) is 0. The highest BCUT2D eigenvalue weighted by atomic mass is 16.3. The van der Waals surface area contributed by atoms with Crippen LogP contribution in [0.1, 0.15) is 25.7 Å². The van der Waals surface area contributed by atoms with Gasteiger partial charge in [-0.15, -0.1) is 0 Å². The Bertz CT molecular complexity index is 580. The van der Waals surface area contributed by atoms with E-state index in [1.54, 1.807) is 18.3 Å². The van der Waals surface area contributed by atoms with Crippen LogP contribution in [-0.2, 0) is 0 Å². The summed E-state index contributed by atoms with van der Waals surface area (Å²) in [5, 5.41) is 23.4. The first-order valence-corrected chi connectivity index (χ1v) is 6.62. The predicted molar refractivity (Wildman–Crippen MR) is 73.1 cm³/mol. The maximum Gasteiger partial charge on any atom is 0.223 e. The lowest BCUT2D eigenvalue weighted by Gasteiger charge is -2.26. The van der Waals surface area contributed by atoms with Gasteiger partial charge in [0, 0.05) is 17.6 Å². The molecular formula is C14H17N3O2. The van der Waals surface area contributed by atoms with Gasteiger partial charge < -0.3 is 15.5 Å². The number of benzene rings is 1. The number of para-hydroxylation sites is 1. The molecule has 0 aliphatic heterocycles. The zero-order valence-corrected chi connectivity index (χ0v) is 10.6. The summed E-state index contributed by atoms with van der Waals surface area (Å²) in [5.41, 5.74) is 0.566. The van der Waals surface area contributed by atoms with E-state index in [1.165, 1.54) is 0 Å². The van der Waals surface area contributed by atoms with Crippen molar-refractivity contribution in [1.82, 2.24) is 9.97 Å². The molecule has 0 spiro atoms. The van der Waals surface area contributed by atoms with E-state index in [1.807, 2.05) is 6.07 Å². The highest BCUT2D eigenvalue weighted by Gasteiger charge is 2.19. The number of anilines is 1. The van der Waals surface area contributed by atoms with E-state index in [9.17, 15) is 10.2 Å². The van der Waals surface area contributed by atoms with Crippen molar-refractivity contribution in [2.24, 2.45) is 0 Å². The first kappa shape index (κ1) is 12.2. The molecule has 0 radical (unpaired) electrons. The molecule has 3 N–H and O–H groups in total. The fourth-order valence-corrected chi connectivity index (χ4v) is 2.51. The summed E-state index contributed by atoms with van der Waals surface area (Å²) in [6.07, 6.45) is 5.02. The molecule has 1 heterocycles. The average Bonchev–Trinajstić information content (AvgIpc) is 2.42. The van der Waals surface area contributed by atoms with Crippen LogP contribution in [0.5, 0.6) is 5.75 Å². The maximum atomic E-state index is 9.79. The molecule has 0 bridgehead atoms. The Morgan fingerprint density at radius 1 is 1.16 bits per heavy atom. The van der Waals surface area contributed by atoms with Crippen LogP contribution in [0.3, 0.4) is 0 Å². The third-order valence-corrected chi connectivity index (χ3v) is 3.62. The van der Waals surface area contributed by atoms with Gasteiger partial charge in [-0.05, 0) is 31.7 Å². The highest BCUT2D eigenvalue weighted by molar-refractivity contribution is 5.84. The largest absolute Gasteiger partial charge is 0.506 e. The van der Waals surface area contributed by atoms with E-state index in [2.05, 4.69) is 15.3 Å². The number of phenolic OH excluding ortho intramolecular Hbond substituents is 1. The number of fused-ring (bicyclic) bond motifs is 1. The van der Waals surface area contributed by atoms with E-state index >= 15 is 0 Å². The Morgan fingerprint density at radius 3 is 2.74 bits per heavy atom. The van der Waals surface area contributed by atoms with Crippen molar-refractivity contribution >= 4 is 16.9 Å². The van der Waals surface area contributed by atoms with Gasteiger partial charge >= 0.3 is 0 Å². The van der Waals surface area contributed by atoms with E-state index in [-0.39, 0.29) is 11.9 Å². The number of nitrogens with one attached hydrogen (secondary N) is 1. The minimum absolute atomic E-state index is 0.167. The third-order valence-electron chi connectivity index (χ3n) is 3.62. The van der Waals surface area contributed by atoms with E-state index < -0.39 is 0 Å². The molecule has 1 fully saturated rings. The summed E-state index contributed by atoms with van der Waals surface area (Å²) < 4.78 is 0. The fraction of sp³-hybridized carbons (Fsp3) is 0.429. The molecule has 5 heteroatoms. The zero-order chi connectivity index (χ0) is 13.2. The molecule has 19 heavy (non-hydrogen) atoms. The smallest absolute Gasteiger partial charge is 0.223 e. The van der Waals surface area contributed by atoms with Gasteiger partial charge in [-0.2, -0.15) is 0 Å². The summed E-state index contributed by atoms with van der Waals surface area (Å²) in [4.78, 5) is 8.62. The molecule has 2 aromatic rings. The standard InChI is InChI=1S/C14H17N3O2/c18-11-6-4-10(5-7-11)16-14-15-8-9-2-1-3-12(19)13(9)17-14/h1-3,8,10-11,18-19H,4-7H2,(H,15,16,17)/t10-,11-. The molecule has 0 unspecified atom stereocenters. The zero-order valence-electron chi connectivity index (χ0n) is 10.6. The number of hydrogen-bond donors (Lipinski definition) is 3. The van der Waals surface area contributed by atoms with Crippen LogP contribution in [0, 0.1) is 0 Å². The second-order valence-electron chi connectivity index (χ2n) is 5.06. The second kappa shape index (κ2) is 5.01. The normalized spacial score (nSPS) is 23.4. The molecule has 100 valence electrons. The van der Waals surface area contributed by atoms with Gasteiger partial charge in [-0.3, -0.25) is 0 Å². The van der Waals surface area contributed by atoms with Crippen molar-refractivity contribution in [2.45, 2.75) is 37.8 Å². The van der Waals surface area contributed by atoms with Gasteiger partial charge in [-0.1, -0.05) is 12.1 Å². The number of phenols is 1. The lowest BCUT2D eigenvalue weighted by atomic mass is 9.93. The Balaban J connectivity index is 1.80. The monoisotopic (exact) mass is 259 g/mol. The van der Waals surface area contributed by atoms with Crippen LogP contribution in [-0.4, -0.2) is 32.3 Å². The lowest BCUT2D eigenvalue weighted by molar-refractivity contribution is 0.126. The summed E-state index contributed by atoms with van der Waals surface area (Å²) >= 11 is 0. The van der Waals surface area contributed by atoms with E-state index in [4.69, 9.17) is 0 Å². The molecule has 1 saturated carbocycles. The number of aromatic hydroxyl groups is 1. The second-order valence-corrected chi connectivity index (χ2v) is 5.06. The van der Waals surface area contributed by atoms with Gasteiger partial charge in [0.2, 0.25) is 5.95 Å². The van der Waals surface area contributed by atoms with Crippen molar-refractivity contribution in [1.29, 1.82) is 0 Å². The molecule has 3 rings (SSSR count). The minimum Gasteiger partial charge on any atom is -0.506 e. The molecule has 0 atom stereocenters. The predicted octanol–water partition coefficient (Wildman–Crippen LogP) is 2.05. The molecule has 0 saturated heterocycles. The number of rotatable bonds is 2. The summed E-state index contributed by atoms with van der Waals surface area (Å²) in [6, 6.07) is 5.56. The van der Waals surface area contributed by atoms with Crippen LogP contribution < -0.4 is 5.32 Å². The Labute approximate surface area is 111 Å². The molecule has 0 amide bonds. The molecule has 1 aliphatic carbocycles. The Kier molecular flexibility index (Phi) is 3.21. The molecule has 1 aromatic heterocycles. The lowest BCUT2D eigenvalue weighted by Crippen LogP contribution is -2.28. The Hall–Kier alpha value is -1.88. The van der Waals surface area contributed by atoms with E-state index in [0.717, 1.165) is 31.1 Å². The number of aliphatic hydroxyl groups is 1. The number of aromatic nitrogens is 2. The average molecular weight is 259 g/mol. The first-order chi connectivity index (χ1) is 9.22. The van der Waals surface area contributed by atoms with Gasteiger partial charge in [0.05, 0.1) is 6.10 Å². The third kappa shape index (κ3) is 2.61. The van der Waals surface area contributed by atoms with Crippen LogP contribution in [0.4, 0.5) is 5.95 Å².